The number of carbonyl (C=O) groups is 2. The Morgan fingerprint density at radius 3 is 2.54 bits per heavy atom. The number of hydrogen-bond donors (Lipinski definition) is 2. The van der Waals surface area contributed by atoms with Crippen LogP contribution in [-0.4, -0.2) is 66.9 Å². The average Bonchev–Trinajstić information content (AvgIpc) is 2.62. The Morgan fingerprint density at radius 2 is 1.92 bits per heavy atom. The fourth-order valence-corrected chi connectivity index (χ4v) is 3.11. The largest absolute Gasteiger partial charge is 0.352 e. The summed E-state index contributed by atoms with van der Waals surface area (Å²) in [6.07, 6.45) is 1.67. The lowest BCUT2D eigenvalue weighted by molar-refractivity contribution is -0.124. The van der Waals surface area contributed by atoms with Crippen molar-refractivity contribution in [2.45, 2.75) is 26.8 Å². The van der Waals surface area contributed by atoms with E-state index in [-0.39, 0.29) is 17.9 Å². The lowest BCUT2D eigenvalue weighted by Crippen LogP contribution is -2.54. The topological polar surface area (TPSA) is 64.7 Å². The van der Waals surface area contributed by atoms with Crippen LogP contribution in [-0.2, 0) is 9.59 Å². The number of piperazine rings is 1. The van der Waals surface area contributed by atoms with Crippen molar-refractivity contribution in [3.63, 3.8) is 0 Å². The molecule has 142 valence electrons. The molecule has 1 saturated heterocycles. The number of benzene rings is 1. The Labute approximate surface area is 156 Å². The van der Waals surface area contributed by atoms with E-state index in [9.17, 15) is 9.59 Å². The molecule has 1 atom stereocenters. The van der Waals surface area contributed by atoms with Gasteiger partial charge in [-0.15, -0.1) is 6.58 Å². The van der Waals surface area contributed by atoms with Crippen LogP contribution in [0.4, 0.5) is 5.69 Å². The highest BCUT2D eigenvalue weighted by atomic mass is 16.2. The molecule has 1 aromatic carbocycles. The second kappa shape index (κ2) is 9.50. The van der Waals surface area contributed by atoms with E-state index in [1.54, 1.807) is 6.08 Å². The smallest absolute Gasteiger partial charge is 0.241 e. The van der Waals surface area contributed by atoms with Crippen molar-refractivity contribution in [2.75, 3.05) is 44.6 Å². The van der Waals surface area contributed by atoms with E-state index >= 15 is 0 Å². The molecule has 0 spiro atoms. The van der Waals surface area contributed by atoms with Crippen LogP contribution in [0.5, 0.6) is 0 Å². The Bertz CT molecular complexity index is 651. The van der Waals surface area contributed by atoms with E-state index in [2.05, 4.69) is 33.1 Å². The minimum Gasteiger partial charge on any atom is -0.352 e. The van der Waals surface area contributed by atoms with Crippen molar-refractivity contribution in [1.82, 2.24) is 15.1 Å². The quantitative estimate of drug-likeness (QED) is 0.726. The van der Waals surface area contributed by atoms with Gasteiger partial charge in [0.25, 0.3) is 0 Å². The van der Waals surface area contributed by atoms with Crippen molar-refractivity contribution in [2.24, 2.45) is 0 Å². The first-order valence-electron chi connectivity index (χ1n) is 9.13. The van der Waals surface area contributed by atoms with E-state index < -0.39 is 0 Å². The van der Waals surface area contributed by atoms with Crippen LogP contribution in [0, 0.1) is 13.8 Å². The fourth-order valence-electron chi connectivity index (χ4n) is 3.11. The van der Waals surface area contributed by atoms with Gasteiger partial charge in [-0.1, -0.05) is 23.8 Å². The van der Waals surface area contributed by atoms with Gasteiger partial charge in [-0.2, -0.15) is 0 Å². The predicted octanol–water partition coefficient (Wildman–Crippen LogP) is 1.55. The van der Waals surface area contributed by atoms with Crippen LogP contribution >= 0.6 is 0 Å². The summed E-state index contributed by atoms with van der Waals surface area (Å²) >= 11 is 0. The zero-order valence-corrected chi connectivity index (χ0v) is 16.0. The molecule has 2 rings (SSSR count). The summed E-state index contributed by atoms with van der Waals surface area (Å²) in [5, 5.41) is 5.83. The van der Waals surface area contributed by atoms with Gasteiger partial charge in [-0.3, -0.25) is 19.4 Å². The molecule has 0 radical (unpaired) electrons. The summed E-state index contributed by atoms with van der Waals surface area (Å²) in [7, 11) is 0. The standard InChI is InChI=1S/C20H30N4O2/c1-5-8-21-19(25)14-23-9-11-24(12-10-23)17(4)20(26)22-18-7-6-15(2)13-16(18)3/h5-7,13,17H,1,8-12,14H2,2-4H3,(H,21,25)(H,22,26). The molecular weight excluding hydrogens is 328 g/mol. The van der Waals surface area contributed by atoms with Gasteiger partial charge in [-0.05, 0) is 32.4 Å². The first kappa shape index (κ1) is 20.1. The summed E-state index contributed by atoms with van der Waals surface area (Å²) < 4.78 is 0. The SMILES string of the molecule is C=CCNC(=O)CN1CCN(C(C)C(=O)Nc2ccc(C)cc2C)CC1. The number of amides is 2. The molecule has 0 saturated carbocycles. The number of nitrogens with zero attached hydrogens (tertiary/aromatic N) is 2. The van der Waals surface area contributed by atoms with Crippen molar-refractivity contribution in [1.29, 1.82) is 0 Å². The third kappa shape index (κ3) is 5.68. The van der Waals surface area contributed by atoms with E-state index in [1.165, 1.54) is 5.56 Å². The molecule has 1 aromatic rings. The first-order valence-corrected chi connectivity index (χ1v) is 9.13. The van der Waals surface area contributed by atoms with Gasteiger partial charge in [0.2, 0.25) is 11.8 Å². The van der Waals surface area contributed by atoms with E-state index in [4.69, 9.17) is 0 Å². The number of hydrogen-bond acceptors (Lipinski definition) is 4. The number of anilines is 1. The molecule has 1 fully saturated rings. The molecule has 2 N–H and O–H groups in total. The van der Waals surface area contributed by atoms with Crippen molar-refractivity contribution in [3.8, 4) is 0 Å². The summed E-state index contributed by atoms with van der Waals surface area (Å²) in [5.41, 5.74) is 3.12. The molecule has 1 heterocycles. The van der Waals surface area contributed by atoms with E-state index in [0.29, 0.717) is 13.1 Å². The number of rotatable bonds is 7. The maximum atomic E-state index is 12.6. The maximum Gasteiger partial charge on any atom is 0.241 e. The van der Waals surface area contributed by atoms with Gasteiger partial charge < -0.3 is 10.6 Å². The summed E-state index contributed by atoms with van der Waals surface area (Å²) in [4.78, 5) is 28.6. The van der Waals surface area contributed by atoms with Gasteiger partial charge in [0.15, 0.2) is 0 Å². The Kier molecular flexibility index (Phi) is 7.36. The number of aryl methyl sites for hydroxylation is 2. The zero-order valence-electron chi connectivity index (χ0n) is 16.0. The lowest BCUT2D eigenvalue weighted by atomic mass is 10.1. The summed E-state index contributed by atoms with van der Waals surface area (Å²) in [5.74, 6) is 0.0214. The normalized spacial score (nSPS) is 16.7. The molecule has 6 heteroatoms. The minimum absolute atomic E-state index is 0.00845. The number of nitrogens with one attached hydrogen (secondary N) is 2. The average molecular weight is 358 g/mol. The molecule has 0 aliphatic carbocycles. The van der Waals surface area contributed by atoms with Gasteiger partial charge >= 0.3 is 0 Å². The Morgan fingerprint density at radius 1 is 1.23 bits per heavy atom. The molecule has 1 aliphatic heterocycles. The highest BCUT2D eigenvalue weighted by molar-refractivity contribution is 5.95. The van der Waals surface area contributed by atoms with Crippen molar-refractivity contribution >= 4 is 17.5 Å². The van der Waals surface area contributed by atoms with E-state index in [0.717, 1.165) is 37.4 Å². The third-order valence-corrected chi connectivity index (χ3v) is 4.78. The van der Waals surface area contributed by atoms with E-state index in [1.807, 2.05) is 32.9 Å². The fraction of sp³-hybridized carbons (Fsp3) is 0.500. The van der Waals surface area contributed by atoms with Crippen LogP contribution in [0.2, 0.25) is 0 Å². The van der Waals surface area contributed by atoms with Crippen LogP contribution in [0.25, 0.3) is 0 Å². The van der Waals surface area contributed by atoms with Gasteiger partial charge in [0.05, 0.1) is 12.6 Å². The van der Waals surface area contributed by atoms with Gasteiger partial charge in [-0.25, -0.2) is 0 Å². The van der Waals surface area contributed by atoms with Crippen LogP contribution in [0.15, 0.2) is 30.9 Å². The Balaban J connectivity index is 1.81. The molecule has 1 unspecified atom stereocenters. The predicted molar refractivity (Wildman–Crippen MR) is 105 cm³/mol. The molecular formula is C20H30N4O2. The first-order chi connectivity index (χ1) is 12.4. The van der Waals surface area contributed by atoms with Gasteiger partial charge in [0, 0.05) is 38.4 Å². The van der Waals surface area contributed by atoms with Crippen LogP contribution in [0.1, 0.15) is 18.1 Å². The minimum atomic E-state index is -0.201. The van der Waals surface area contributed by atoms with Crippen LogP contribution in [0.3, 0.4) is 0 Å². The highest BCUT2D eigenvalue weighted by Crippen LogP contribution is 2.17. The molecule has 2 amide bonds. The Hall–Kier alpha value is -2.18. The van der Waals surface area contributed by atoms with Crippen molar-refractivity contribution in [3.05, 3.63) is 42.0 Å². The molecule has 1 aliphatic rings. The van der Waals surface area contributed by atoms with Crippen molar-refractivity contribution < 1.29 is 9.59 Å². The molecule has 26 heavy (non-hydrogen) atoms. The highest BCUT2D eigenvalue weighted by Gasteiger charge is 2.26. The second-order valence-electron chi connectivity index (χ2n) is 6.89. The number of carbonyl (C=O) groups excluding carboxylic acids is 2. The summed E-state index contributed by atoms with van der Waals surface area (Å²) in [6.45, 7) is 13.6. The molecule has 0 bridgehead atoms. The second-order valence-corrected chi connectivity index (χ2v) is 6.89. The monoisotopic (exact) mass is 358 g/mol. The van der Waals surface area contributed by atoms with Crippen LogP contribution < -0.4 is 10.6 Å². The molecule has 0 aromatic heterocycles. The summed E-state index contributed by atoms with van der Waals surface area (Å²) in [6, 6.07) is 5.82. The zero-order chi connectivity index (χ0) is 19.1. The lowest BCUT2D eigenvalue weighted by Gasteiger charge is -2.37. The third-order valence-electron chi connectivity index (χ3n) is 4.78. The maximum absolute atomic E-state index is 12.6. The molecule has 6 nitrogen and oxygen atoms in total. The van der Waals surface area contributed by atoms with Gasteiger partial charge in [0.1, 0.15) is 0 Å².